The predicted octanol–water partition coefficient (Wildman–Crippen LogP) is 2.08. The Morgan fingerprint density at radius 2 is 2.25 bits per heavy atom. The molecule has 0 saturated carbocycles. The highest BCUT2D eigenvalue weighted by atomic mass is 32.2. The van der Waals surface area contributed by atoms with Gasteiger partial charge in [-0.3, -0.25) is 4.79 Å². The topological polar surface area (TPSA) is 66.4 Å². The molecule has 1 atom stereocenters. The van der Waals surface area contributed by atoms with Gasteiger partial charge in [-0.05, 0) is 30.7 Å². The van der Waals surface area contributed by atoms with Crippen molar-refractivity contribution < 1.29 is 14.7 Å². The number of nitrogens with one attached hydrogen (secondary N) is 1. The molecule has 0 radical (unpaired) electrons. The zero-order chi connectivity index (χ0) is 14.6. The fourth-order valence-corrected chi connectivity index (χ4v) is 3.43. The Labute approximate surface area is 122 Å². The van der Waals surface area contributed by atoms with Crippen molar-refractivity contribution >= 4 is 29.7 Å². The number of carboxylic acids is 1. The summed E-state index contributed by atoms with van der Waals surface area (Å²) in [5.74, 6) is -0.142. The van der Waals surface area contributed by atoms with Gasteiger partial charge in [0, 0.05) is 11.8 Å². The first kappa shape index (κ1) is 14.7. The lowest BCUT2D eigenvalue weighted by Gasteiger charge is -2.23. The monoisotopic (exact) mass is 291 g/mol. The molecule has 4 nitrogen and oxygen atoms in total. The van der Waals surface area contributed by atoms with E-state index in [1.165, 1.54) is 6.08 Å². The molecule has 2 rings (SSSR count). The molecule has 1 fully saturated rings. The first-order valence-corrected chi connectivity index (χ1v) is 7.55. The number of amides is 1. The van der Waals surface area contributed by atoms with Gasteiger partial charge in [0.1, 0.15) is 5.54 Å². The van der Waals surface area contributed by atoms with Crippen LogP contribution in [-0.4, -0.2) is 34.0 Å². The third kappa shape index (κ3) is 3.42. The van der Waals surface area contributed by atoms with Gasteiger partial charge < -0.3 is 10.4 Å². The van der Waals surface area contributed by atoms with E-state index in [1.807, 2.05) is 31.2 Å². The molecule has 1 heterocycles. The summed E-state index contributed by atoms with van der Waals surface area (Å²) in [6.45, 7) is 1.98. The number of benzene rings is 1. The smallest absolute Gasteiger partial charge is 0.330 e. The van der Waals surface area contributed by atoms with Gasteiger partial charge >= 0.3 is 5.97 Å². The van der Waals surface area contributed by atoms with Crippen molar-refractivity contribution in [1.29, 1.82) is 0 Å². The van der Waals surface area contributed by atoms with Gasteiger partial charge in [-0.1, -0.05) is 29.8 Å². The van der Waals surface area contributed by atoms with Crippen LogP contribution >= 0.6 is 11.8 Å². The van der Waals surface area contributed by atoms with Crippen LogP contribution in [0.15, 0.2) is 30.3 Å². The Morgan fingerprint density at radius 3 is 2.85 bits per heavy atom. The van der Waals surface area contributed by atoms with Crippen LogP contribution in [0.2, 0.25) is 0 Å². The minimum Gasteiger partial charge on any atom is -0.479 e. The Kier molecular flexibility index (Phi) is 4.49. The number of hydrogen-bond donors (Lipinski definition) is 2. The molecule has 0 bridgehead atoms. The average Bonchev–Trinajstić information content (AvgIpc) is 2.86. The molecular formula is C15H17NO3S. The highest BCUT2D eigenvalue weighted by Gasteiger charge is 2.42. The summed E-state index contributed by atoms with van der Waals surface area (Å²) in [7, 11) is 0. The van der Waals surface area contributed by atoms with Crippen LogP contribution in [0.25, 0.3) is 6.08 Å². The normalized spacial score (nSPS) is 22.1. The van der Waals surface area contributed by atoms with E-state index in [2.05, 4.69) is 5.32 Å². The molecule has 1 aromatic carbocycles. The second-order valence-electron chi connectivity index (χ2n) is 4.93. The Morgan fingerprint density at radius 1 is 1.45 bits per heavy atom. The SMILES string of the molecule is Cc1cccc(C=CC(=O)NC2(C(=O)O)CCSC2)c1. The Bertz CT molecular complexity index is 548. The fourth-order valence-electron chi connectivity index (χ4n) is 2.11. The first-order valence-electron chi connectivity index (χ1n) is 6.40. The van der Waals surface area contributed by atoms with E-state index < -0.39 is 11.5 Å². The second kappa shape index (κ2) is 6.13. The van der Waals surface area contributed by atoms with Crippen LogP contribution in [0.1, 0.15) is 17.5 Å². The molecule has 20 heavy (non-hydrogen) atoms. The van der Waals surface area contributed by atoms with Gasteiger partial charge in [-0.2, -0.15) is 11.8 Å². The van der Waals surface area contributed by atoms with E-state index in [-0.39, 0.29) is 5.91 Å². The molecule has 0 aromatic heterocycles. The molecule has 5 heteroatoms. The summed E-state index contributed by atoms with van der Waals surface area (Å²) in [6.07, 6.45) is 3.56. The average molecular weight is 291 g/mol. The molecule has 1 aliphatic rings. The van der Waals surface area contributed by atoms with Crippen LogP contribution in [0.4, 0.5) is 0 Å². The number of rotatable bonds is 4. The molecule has 1 amide bonds. The van der Waals surface area contributed by atoms with Gasteiger partial charge in [-0.15, -0.1) is 0 Å². The van der Waals surface area contributed by atoms with Gasteiger partial charge in [0.15, 0.2) is 0 Å². The van der Waals surface area contributed by atoms with Crippen LogP contribution in [0, 0.1) is 6.92 Å². The van der Waals surface area contributed by atoms with Gasteiger partial charge in [0.05, 0.1) is 0 Å². The number of thioether (sulfide) groups is 1. The van der Waals surface area contributed by atoms with Crippen molar-refractivity contribution in [3.05, 3.63) is 41.5 Å². The van der Waals surface area contributed by atoms with E-state index in [9.17, 15) is 14.7 Å². The van der Waals surface area contributed by atoms with Crippen LogP contribution in [0.5, 0.6) is 0 Å². The lowest BCUT2D eigenvalue weighted by Crippen LogP contribution is -2.54. The highest BCUT2D eigenvalue weighted by Crippen LogP contribution is 2.28. The van der Waals surface area contributed by atoms with Gasteiger partial charge in [0.25, 0.3) is 0 Å². The second-order valence-corrected chi connectivity index (χ2v) is 6.03. The lowest BCUT2D eigenvalue weighted by atomic mass is 9.99. The summed E-state index contributed by atoms with van der Waals surface area (Å²) in [4.78, 5) is 23.2. The van der Waals surface area contributed by atoms with Crippen LogP contribution in [0.3, 0.4) is 0 Å². The standard InChI is InChI=1S/C15H17NO3S/c1-11-3-2-4-12(9-11)5-6-13(17)16-15(14(18)19)7-8-20-10-15/h2-6,9H,7-8,10H2,1H3,(H,16,17)(H,18,19). The van der Waals surface area contributed by atoms with Gasteiger partial charge in [-0.25, -0.2) is 4.79 Å². The number of aryl methyl sites for hydroxylation is 1. The van der Waals surface area contributed by atoms with Crippen molar-refractivity contribution in [3.63, 3.8) is 0 Å². The minimum absolute atomic E-state index is 0.364. The van der Waals surface area contributed by atoms with Crippen molar-refractivity contribution in [2.75, 3.05) is 11.5 Å². The quantitative estimate of drug-likeness (QED) is 0.834. The number of aliphatic carboxylic acids is 1. The molecule has 1 aliphatic heterocycles. The van der Waals surface area contributed by atoms with E-state index in [0.717, 1.165) is 16.9 Å². The molecule has 1 aromatic rings. The van der Waals surface area contributed by atoms with Crippen molar-refractivity contribution in [3.8, 4) is 0 Å². The van der Waals surface area contributed by atoms with Crippen molar-refractivity contribution in [1.82, 2.24) is 5.32 Å². The maximum absolute atomic E-state index is 11.9. The summed E-state index contributed by atoms with van der Waals surface area (Å²) in [5.41, 5.74) is 0.922. The largest absolute Gasteiger partial charge is 0.479 e. The third-order valence-corrected chi connectivity index (χ3v) is 4.45. The number of carbonyl (C=O) groups is 2. The lowest BCUT2D eigenvalue weighted by molar-refractivity contribution is -0.145. The Hall–Kier alpha value is -1.75. The maximum Gasteiger partial charge on any atom is 0.330 e. The molecule has 106 valence electrons. The van der Waals surface area contributed by atoms with Crippen LogP contribution in [-0.2, 0) is 9.59 Å². The molecule has 2 N–H and O–H groups in total. The minimum atomic E-state index is -1.11. The zero-order valence-electron chi connectivity index (χ0n) is 11.3. The molecule has 1 saturated heterocycles. The first-order chi connectivity index (χ1) is 9.52. The zero-order valence-corrected chi connectivity index (χ0v) is 12.1. The molecular weight excluding hydrogens is 274 g/mol. The van der Waals surface area contributed by atoms with Crippen molar-refractivity contribution in [2.24, 2.45) is 0 Å². The van der Waals surface area contributed by atoms with E-state index in [4.69, 9.17) is 0 Å². The summed E-state index contributed by atoms with van der Waals surface area (Å²) < 4.78 is 0. The molecule has 0 spiro atoms. The van der Waals surface area contributed by atoms with E-state index in [0.29, 0.717) is 12.2 Å². The third-order valence-electron chi connectivity index (χ3n) is 3.26. The molecule has 1 unspecified atom stereocenters. The van der Waals surface area contributed by atoms with Crippen LogP contribution < -0.4 is 5.32 Å². The fraction of sp³-hybridized carbons (Fsp3) is 0.333. The predicted molar refractivity (Wildman–Crippen MR) is 80.7 cm³/mol. The number of hydrogen-bond acceptors (Lipinski definition) is 3. The Balaban J connectivity index is 2.03. The number of carbonyl (C=O) groups excluding carboxylic acids is 1. The summed E-state index contributed by atoms with van der Waals surface area (Å²) in [5, 5.41) is 11.9. The number of carboxylic acid groups (broad SMARTS) is 1. The maximum atomic E-state index is 11.9. The summed E-state index contributed by atoms with van der Waals surface area (Å²) >= 11 is 1.55. The highest BCUT2D eigenvalue weighted by molar-refractivity contribution is 7.99. The summed E-state index contributed by atoms with van der Waals surface area (Å²) in [6, 6.07) is 7.75. The van der Waals surface area contributed by atoms with E-state index >= 15 is 0 Å². The molecule has 0 aliphatic carbocycles. The van der Waals surface area contributed by atoms with Gasteiger partial charge in [0.2, 0.25) is 5.91 Å². The van der Waals surface area contributed by atoms with E-state index in [1.54, 1.807) is 17.8 Å². The van der Waals surface area contributed by atoms with Crippen molar-refractivity contribution in [2.45, 2.75) is 18.9 Å².